The summed E-state index contributed by atoms with van der Waals surface area (Å²) in [7, 11) is 0. The number of fused-ring (bicyclic) bond motifs is 3. The fourth-order valence-electron chi connectivity index (χ4n) is 4.26. The van der Waals surface area contributed by atoms with Crippen molar-refractivity contribution in [3.05, 3.63) is 84.9 Å². The summed E-state index contributed by atoms with van der Waals surface area (Å²) < 4.78 is 15.0. The van der Waals surface area contributed by atoms with E-state index in [0.717, 1.165) is 16.4 Å². The number of benzene rings is 3. The van der Waals surface area contributed by atoms with Gasteiger partial charge in [-0.1, -0.05) is 36.4 Å². The molecule has 0 saturated heterocycles. The highest BCUT2D eigenvalue weighted by Gasteiger charge is 2.56. The largest absolute Gasteiger partial charge is 0.350 e. The molecule has 0 spiro atoms. The predicted molar refractivity (Wildman–Crippen MR) is 136 cm³/mol. The normalized spacial score (nSPS) is 13.9. The second-order valence-electron chi connectivity index (χ2n) is 8.79. The molecule has 2 aromatic heterocycles. The molecular formula is C27H21FN6O2. The third-order valence-corrected chi connectivity index (χ3v) is 6.42. The van der Waals surface area contributed by atoms with Gasteiger partial charge in [0.2, 0.25) is 11.8 Å². The summed E-state index contributed by atoms with van der Waals surface area (Å²) in [5.74, 6) is -0.960. The minimum atomic E-state index is -1.15. The third kappa shape index (κ3) is 3.80. The van der Waals surface area contributed by atoms with Gasteiger partial charge in [-0.05, 0) is 49.2 Å². The number of halogens is 1. The van der Waals surface area contributed by atoms with Crippen molar-refractivity contribution in [1.29, 1.82) is 0 Å². The van der Waals surface area contributed by atoms with Gasteiger partial charge in [-0.25, -0.2) is 14.4 Å². The quantitative estimate of drug-likeness (QED) is 0.245. The molecular weight excluding hydrogens is 459 g/mol. The molecule has 5 aromatic rings. The lowest BCUT2D eigenvalue weighted by Gasteiger charge is -2.16. The van der Waals surface area contributed by atoms with Crippen molar-refractivity contribution in [2.75, 3.05) is 16.0 Å². The molecule has 1 fully saturated rings. The van der Waals surface area contributed by atoms with E-state index in [0.29, 0.717) is 29.9 Å². The van der Waals surface area contributed by atoms with Crippen LogP contribution in [-0.2, 0) is 9.59 Å². The number of H-pyrrole nitrogens is 1. The van der Waals surface area contributed by atoms with E-state index in [1.807, 2.05) is 30.3 Å². The Balaban J connectivity index is 1.19. The Morgan fingerprint density at radius 3 is 2.33 bits per heavy atom. The summed E-state index contributed by atoms with van der Waals surface area (Å²) in [5, 5.41) is 9.43. The molecule has 1 saturated carbocycles. The molecule has 0 atom stereocenters. The highest BCUT2D eigenvalue weighted by atomic mass is 19.1. The minimum Gasteiger partial charge on any atom is -0.350 e. The van der Waals surface area contributed by atoms with Gasteiger partial charge in [0, 0.05) is 22.3 Å². The molecule has 1 aliphatic carbocycles. The summed E-state index contributed by atoms with van der Waals surface area (Å²) in [5.41, 5.74) is 2.23. The zero-order chi connectivity index (χ0) is 24.7. The first-order chi connectivity index (χ1) is 17.5. The lowest BCUT2D eigenvalue weighted by molar-refractivity contribution is -0.131. The number of anilines is 4. The van der Waals surface area contributed by atoms with E-state index in [4.69, 9.17) is 0 Å². The Morgan fingerprint density at radius 1 is 0.861 bits per heavy atom. The maximum absolute atomic E-state index is 15.0. The average molecular weight is 481 g/mol. The van der Waals surface area contributed by atoms with Crippen LogP contribution in [0.15, 0.2) is 79.1 Å². The molecule has 3 aromatic carbocycles. The first kappa shape index (κ1) is 21.7. The molecule has 2 amide bonds. The molecule has 8 nitrogen and oxygen atoms in total. The Morgan fingerprint density at radius 2 is 1.58 bits per heavy atom. The number of nitrogens with zero attached hydrogens (tertiary/aromatic N) is 2. The van der Waals surface area contributed by atoms with Gasteiger partial charge in [0.25, 0.3) is 0 Å². The summed E-state index contributed by atoms with van der Waals surface area (Å²) in [4.78, 5) is 37.6. The van der Waals surface area contributed by atoms with Crippen molar-refractivity contribution in [3.63, 3.8) is 0 Å². The van der Waals surface area contributed by atoms with Crippen molar-refractivity contribution in [3.8, 4) is 0 Å². The number of aromatic amines is 1. The number of carbonyl (C=O) groups is 2. The second kappa shape index (κ2) is 8.46. The van der Waals surface area contributed by atoms with Gasteiger partial charge in [0.15, 0.2) is 5.82 Å². The standard InChI is InChI=1S/C27H21FN6O2/c28-19-14-17(32-26(36)27(12-13-27)25(35)31-16-6-2-1-3-7-16)10-11-21(19)34-24-23-22(29-15-30-24)18-8-4-5-9-20(18)33-23/h1-11,14-15,33H,12-13H2,(H,31,35)(H,32,36)(H,29,30,34). The number of hydrogen-bond donors (Lipinski definition) is 4. The lowest BCUT2D eigenvalue weighted by atomic mass is 10.0. The minimum absolute atomic E-state index is 0.189. The van der Waals surface area contributed by atoms with Crippen molar-refractivity contribution >= 4 is 56.6 Å². The first-order valence-electron chi connectivity index (χ1n) is 11.5. The maximum atomic E-state index is 15.0. The van der Waals surface area contributed by atoms with Crippen LogP contribution in [0.5, 0.6) is 0 Å². The predicted octanol–water partition coefficient (Wildman–Crippen LogP) is 5.35. The van der Waals surface area contributed by atoms with Gasteiger partial charge in [0.1, 0.15) is 28.6 Å². The zero-order valence-corrected chi connectivity index (χ0v) is 19.0. The number of nitrogens with one attached hydrogen (secondary N) is 4. The SMILES string of the molecule is O=C(Nc1ccccc1)C1(C(=O)Nc2ccc(Nc3ncnc4c3[nH]c3ccccc34)c(F)c2)CC1. The molecule has 9 heteroatoms. The van der Waals surface area contributed by atoms with E-state index in [9.17, 15) is 9.59 Å². The van der Waals surface area contributed by atoms with E-state index in [2.05, 4.69) is 30.9 Å². The van der Waals surface area contributed by atoms with Crippen molar-refractivity contribution in [2.24, 2.45) is 5.41 Å². The molecule has 6 rings (SSSR count). The van der Waals surface area contributed by atoms with Crippen LogP contribution in [0.1, 0.15) is 12.8 Å². The van der Waals surface area contributed by atoms with E-state index in [1.165, 1.54) is 18.5 Å². The van der Waals surface area contributed by atoms with E-state index in [-0.39, 0.29) is 17.3 Å². The zero-order valence-electron chi connectivity index (χ0n) is 19.0. The molecule has 0 aliphatic heterocycles. The molecule has 36 heavy (non-hydrogen) atoms. The molecule has 1 aliphatic rings. The third-order valence-electron chi connectivity index (χ3n) is 6.42. The van der Waals surface area contributed by atoms with Crippen LogP contribution in [0.3, 0.4) is 0 Å². The maximum Gasteiger partial charge on any atom is 0.240 e. The van der Waals surface area contributed by atoms with E-state index in [1.54, 1.807) is 30.3 Å². The molecule has 178 valence electrons. The first-order valence-corrected chi connectivity index (χ1v) is 11.5. The number of amides is 2. The fourth-order valence-corrected chi connectivity index (χ4v) is 4.26. The van der Waals surface area contributed by atoms with Crippen molar-refractivity contribution < 1.29 is 14.0 Å². The summed E-state index contributed by atoms with van der Waals surface area (Å²) in [6, 6.07) is 21.0. The molecule has 0 bridgehead atoms. The molecule has 2 heterocycles. The summed E-state index contributed by atoms with van der Waals surface area (Å²) in [6.45, 7) is 0. The number of hydrogen-bond acceptors (Lipinski definition) is 5. The van der Waals surface area contributed by atoms with Crippen LogP contribution in [0.2, 0.25) is 0 Å². The van der Waals surface area contributed by atoms with Gasteiger partial charge in [-0.3, -0.25) is 9.59 Å². The van der Waals surface area contributed by atoms with Crippen LogP contribution in [0.4, 0.5) is 27.3 Å². The number of aromatic nitrogens is 3. The van der Waals surface area contributed by atoms with Gasteiger partial charge in [-0.2, -0.15) is 0 Å². The number of rotatable bonds is 6. The van der Waals surface area contributed by atoms with Crippen LogP contribution in [0.25, 0.3) is 21.9 Å². The van der Waals surface area contributed by atoms with E-state index >= 15 is 4.39 Å². The van der Waals surface area contributed by atoms with Gasteiger partial charge >= 0.3 is 0 Å². The Hall–Kier alpha value is -4.79. The summed E-state index contributed by atoms with van der Waals surface area (Å²) >= 11 is 0. The van der Waals surface area contributed by atoms with Crippen LogP contribution in [0, 0.1) is 11.2 Å². The lowest BCUT2D eigenvalue weighted by Crippen LogP contribution is -2.35. The van der Waals surface area contributed by atoms with Gasteiger partial charge in [0.05, 0.1) is 5.69 Å². The smallest absolute Gasteiger partial charge is 0.240 e. The van der Waals surface area contributed by atoms with Crippen molar-refractivity contribution in [1.82, 2.24) is 15.0 Å². The van der Waals surface area contributed by atoms with Crippen molar-refractivity contribution in [2.45, 2.75) is 12.8 Å². The monoisotopic (exact) mass is 480 g/mol. The Kier molecular flexibility index (Phi) is 5.10. The Labute approximate surface area is 205 Å². The van der Waals surface area contributed by atoms with Gasteiger partial charge < -0.3 is 20.9 Å². The Bertz CT molecular complexity index is 1630. The molecule has 0 unspecified atom stereocenters. The fraction of sp³-hybridized carbons (Fsp3) is 0.111. The highest BCUT2D eigenvalue weighted by Crippen LogP contribution is 2.47. The van der Waals surface area contributed by atoms with Gasteiger partial charge in [-0.15, -0.1) is 0 Å². The molecule has 0 radical (unpaired) electrons. The summed E-state index contributed by atoms with van der Waals surface area (Å²) in [6.07, 6.45) is 2.30. The topological polar surface area (TPSA) is 112 Å². The van der Waals surface area contributed by atoms with Crippen LogP contribution in [-0.4, -0.2) is 26.8 Å². The average Bonchev–Trinajstić information content (AvgIpc) is 3.62. The second-order valence-corrected chi connectivity index (χ2v) is 8.79. The molecule has 4 N–H and O–H groups in total. The van der Waals surface area contributed by atoms with Crippen LogP contribution < -0.4 is 16.0 Å². The number of carbonyl (C=O) groups excluding carboxylic acids is 2. The highest BCUT2D eigenvalue weighted by molar-refractivity contribution is 6.17. The number of para-hydroxylation sites is 2. The van der Waals surface area contributed by atoms with E-state index < -0.39 is 17.1 Å². The van der Waals surface area contributed by atoms with Crippen LogP contribution >= 0.6 is 0 Å².